The number of hydrogen-bond acceptors (Lipinski definition) is 6. The summed E-state index contributed by atoms with van der Waals surface area (Å²) in [6, 6.07) is 10.3. The normalized spacial score (nSPS) is 20.6. The van der Waals surface area contributed by atoms with E-state index in [1.54, 1.807) is 36.4 Å². The molecule has 0 amide bonds. The van der Waals surface area contributed by atoms with Crippen LogP contribution in [0, 0.1) is 11.8 Å². The minimum atomic E-state index is -0.955. The van der Waals surface area contributed by atoms with E-state index in [0.717, 1.165) is 17.5 Å². The van der Waals surface area contributed by atoms with E-state index in [-0.39, 0.29) is 29.8 Å². The fraction of sp³-hybridized carbons (Fsp3) is 0.407. The van der Waals surface area contributed by atoms with Crippen LogP contribution in [-0.4, -0.2) is 46.4 Å². The highest BCUT2D eigenvalue weighted by atomic mass is 16.6. The Hall–Kier alpha value is -3.16. The van der Waals surface area contributed by atoms with Gasteiger partial charge in [-0.25, -0.2) is 4.79 Å². The van der Waals surface area contributed by atoms with Gasteiger partial charge < -0.3 is 24.8 Å². The molecule has 1 fully saturated rings. The summed E-state index contributed by atoms with van der Waals surface area (Å²) in [5, 5.41) is 29.4. The average molecular weight is 467 g/mol. The number of aliphatic hydroxyl groups excluding tert-OH is 2. The molecule has 0 aromatic heterocycles. The first kappa shape index (κ1) is 24.0. The van der Waals surface area contributed by atoms with Gasteiger partial charge >= 0.3 is 5.97 Å². The number of Topliss-reactive ketones (excluding diaryl/α,β-unsaturated/α-hetero) is 1. The van der Waals surface area contributed by atoms with Gasteiger partial charge in [-0.1, -0.05) is 24.3 Å². The number of aryl methyl sites for hydroxylation is 1. The van der Waals surface area contributed by atoms with Crippen LogP contribution >= 0.6 is 0 Å². The smallest absolute Gasteiger partial charge is 0.335 e. The lowest BCUT2D eigenvalue weighted by molar-refractivity contribution is -0.121. The third-order valence-electron chi connectivity index (χ3n) is 6.64. The third kappa shape index (κ3) is 5.66. The summed E-state index contributed by atoms with van der Waals surface area (Å²) in [6.07, 6.45) is 5.94. The fourth-order valence-corrected chi connectivity index (χ4v) is 4.75. The molecule has 2 aliphatic rings. The Kier molecular flexibility index (Phi) is 7.65. The number of ether oxygens (including phenoxy) is 2. The molecular formula is C27H30O7. The molecule has 3 unspecified atom stereocenters. The Morgan fingerprint density at radius 2 is 1.76 bits per heavy atom. The van der Waals surface area contributed by atoms with Crippen LogP contribution in [0.2, 0.25) is 0 Å². The van der Waals surface area contributed by atoms with Crippen molar-refractivity contribution in [3.8, 4) is 11.5 Å². The van der Waals surface area contributed by atoms with Gasteiger partial charge in [-0.15, -0.1) is 0 Å². The van der Waals surface area contributed by atoms with Crippen LogP contribution in [0.4, 0.5) is 0 Å². The van der Waals surface area contributed by atoms with E-state index in [1.165, 1.54) is 0 Å². The molecule has 0 bridgehead atoms. The first-order valence-corrected chi connectivity index (χ1v) is 11.7. The number of fused-ring (bicyclic) bond motifs is 1. The van der Waals surface area contributed by atoms with Gasteiger partial charge in [0, 0.05) is 18.8 Å². The van der Waals surface area contributed by atoms with Crippen LogP contribution < -0.4 is 9.47 Å². The third-order valence-corrected chi connectivity index (χ3v) is 6.64. The summed E-state index contributed by atoms with van der Waals surface area (Å²) in [6.45, 7) is 0.778. The maximum absolute atomic E-state index is 12.5. The SMILES string of the molecule is O=C(O)c1ccc(CCC2C(=O)CCC2/C=C/C(O)Cc2cc3c(cc2CO)OCCO3)cc1. The molecule has 7 heteroatoms. The molecule has 180 valence electrons. The van der Waals surface area contributed by atoms with Gasteiger partial charge in [0.05, 0.1) is 18.3 Å². The predicted octanol–water partition coefficient (Wildman–Crippen LogP) is 3.34. The highest BCUT2D eigenvalue weighted by Crippen LogP contribution is 2.35. The second-order valence-corrected chi connectivity index (χ2v) is 8.90. The van der Waals surface area contributed by atoms with E-state index >= 15 is 0 Å². The van der Waals surface area contributed by atoms with Crippen LogP contribution in [-0.2, 0) is 24.2 Å². The van der Waals surface area contributed by atoms with Gasteiger partial charge in [0.25, 0.3) is 0 Å². The molecule has 3 atom stereocenters. The first-order valence-electron chi connectivity index (χ1n) is 11.7. The lowest BCUT2D eigenvalue weighted by Crippen LogP contribution is -2.17. The Morgan fingerprint density at radius 3 is 2.41 bits per heavy atom. The van der Waals surface area contributed by atoms with E-state index < -0.39 is 12.1 Å². The van der Waals surface area contributed by atoms with Gasteiger partial charge in [-0.3, -0.25) is 4.79 Å². The first-order chi connectivity index (χ1) is 16.4. The lowest BCUT2D eigenvalue weighted by Gasteiger charge is -2.21. The van der Waals surface area contributed by atoms with E-state index in [1.807, 2.05) is 12.1 Å². The molecule has 0 radical (unpaired) electrons. The number of rotatable bonds is 9. The van der Waals surface area contributed by atoms with Crippen molar-refractivity contribution in [3.05, 3.63) is 70.8 Å². The van der Waals surface area contributed by atoms with Crippen molar-refractivity contribution >= 4 is 11.8 Å². The number of carbonyl (C=O) groups excluding carboxylic acids is 1. The maximum atomic E-state index is 12.5. The van der Waals surface area contributed by atoms with Crippen molar-refractivity contribution in [2.75, 3.05) is 13.2 Å². The van der Waals surface area contributed by atoms with Crippen LogP contribution in [0.15, 0.2) is 48.6 Å². The van der Waals surface area contributed by atoms with Crippen molar-refractivity contribution in [2.45, 2.75) is 44.8 Å². The van der Waals surface area contributed by atoms with Gasteiger partial charge in [0.1, 0.15) is 19.0 Å². The zero-order valence-corrected chi connectivity index (χ0v) is 19.0. The summed E-state index contributed by atoms with van der Waals surface area (Å²) < 4.78 is 11.2. The van der Waals surface area contributed by atoms with Crippen molar-refractivity contribution < 1.29 is 34.4 Å². The number of aliphatic hydroxyl groups is 2. The largest absolute Gasteiger partial charge is 0.486 e. The molecule has 7 nitrogen and oxygen atoms in total. The lowest BCUT2D eigenvalue weighted by atomic mass is 9.88. The quantitative estimate of drug-likeness (QED) is 0.486. The van der Waals surface area contributed by atoms with Crippen LogP contribution in [0.3, 0.4) is 0 Å². The highest BCUT2D eigenvalue weighted by Gasteiger charge is 2.32. The summed E-state index contributed by atoms with van der Waals surface area (Å²) in [5.74, 6) is 0.466. The Bertz CT molecular complexity index is 1060. The van der Waals surface area contributed by atoms with Crippen molar-refractivity contribution in [3.63, 3.8) is 0 Å². The van der Waals surface area contributed by atoms with Crippen molar-refractivity contribution in [1.29, 1.82) is 0 Å². The van der Waals surface area contributed by atoms with E-state index in [9.17, 15) is 19.8 Å². The number of ketones is 1. The zero-order chi connectivity index (χ0) is 24.1. The van der Waals surface area contributed by atoms with Crippen LogP contribution in [0.5, 0.6) is 11.5 Å². The van der Waals surface area contributed by atoms with E-state index in [2.05, 4.69) is 0 Å². The van der Waals surface area contributed by atoms with E-state index in [0.29, 0.717) is 56.0 Å². The Morgan fingerprint density at radius 1 is 1.09 bits per heavy atom. The number of allylic oxidation sites excluding steroid dienone is 1. The summed E-state index contributed by atoms with van der Waals surface area (Å²) in [4.78, 5) is 23.5. The van der Waals surface area contributed by atoms with E-state index in [4.69, 9.17) is 14.6 Å². The summed E-state index contributed by atoms with van der Waals surface area (Å²) >= 11 is 0. The minimum Gasteiger partial charge on any atom is -0.486 e. The molecule has 4 rings (SSSR count). The molecule has 1 aliphatic carbocycles. The molecular weight excluding hydrogens is 436 g/mol. The number of hydrogen-bond donors (Lipinski definition) is 3. The zero-order valence-electron chi connectivity index (χ0n) is 19.0. The molecule has 1 heterocycles. The molecule has 2 aromatic carbocycles. The number of benzene rings is 2. The topological polar surface area (TPSA) is 113 Å². The van der Waals surface area contributed by atoms with Crippen molar-refractivity contribution in [2.24, 2.45) is 11.8 Å². The number of aromatic carboxylic acids is 1. The number of carboxylic acid groups (broad SMARTS) is 1. The van der Waals surface area contributed by atoms with Gasteiger partial charge in [-0.05, 0) is 66.1 Å². The minimum absolute atomic E-state index is 0.0676. The second-order valence-electron chi connectivity index (χ2n) is 8.90. The monoisotopic (exact) mass is 466 g/mol. The van der Waals surface area contributed by atoms with Gasteiger partial charge in [0.15, 0.2) is 11.5 Å². The molecule has 0 spiro atoms. The average Bonchev–Trinajstić information content (AvgIpc) is 3.20. The second kappa shape index (κ2) is 10.8. The molecule has 0 saturated heterocycles. The molecule has 1 saturated carbocycles. The molecule has 3 N–H and O–H groups in total. The van der Waals surface area contributed by atoms with Gasteiger partial charge in [0.2, 0.25) is 0 Å². The Balaban J connectivity index is 1.37. The molecule has 1 aliphatic heterocycles. The van der Waals surface area contributed by atoms with Crippen LogP contribution in [0.25, 0.3) is 0 Å². The van der Waals surface area contributed by atoms with Crippen molar-refractivity contribution in [1.82, 2.24) is 0 Å². The standard InChI is InChI=1S/C27H30O7/c28-16-21-15-26-25(33-11-12-34-26)14-20(21)13-22(29)8-6-18-7-10-24(30)23(18)9-3-17-1-4-19(5-2-17)27(31)32/h1-2,4-6,8,14-15,18,22-23,28-29H,3,7,9-13,16H2,(H,31,32)/b8-6+. The number of carbonyl (C=O) groups is 2. The highest BCUT2D eigenvalue weighted by molar-refractivity contribution is 5.87. The summed E-state index contributed by atoms with van der Waals surface area (Å²) in [5.41, 5.74) is 2.74. The maximum Gasteiger partial charge on any atom is 0.335 e. The molecule has 2 aromatic rings. The summed E-state index contributed by atoms with van der Waals surface area (Å²) in [7, 11) is 0. The van der Waals surface area contributed by atoms with Crippen LogP contribution in [0.1, 0.15) is 46.3 Å². The number of carboxylic acids is 1. The fourth-order valence-electron chi connectivity index (χ4n) is 4.75. The van der Waals surface area contributed by atoms with Gasteiger partial charge in [-0.2, -0.15) is 0 Å². The Labute approximate surface area is 198 Å². The molecule has 34 heavy (non-hydrogen) atoms. The predicted molar refractivity (Wildman–Crippen MR) is 125 cm³/mol.